The van der Waals surface area contributed by atoms with E-state index in [0.29, 0.717) is 19.1 Å². The van der Waals surface area contributed by atoms with Crippen LogP contribution in [0.25, 0.3) is 0 Å². The predicted molar refractivity (Wildman–Crippen MR) is 89.2 cm³/mol. The summed E-state index contributed by atoms with van der Waals surface area (Å²) in [6, 6.07) is 8.97. The van der Waals surface area contributed by atoms with Gasteiger partial charge in [-0.1, -0.05) is 38.1 Å². The fourth-order valence-corrected chi connectivity index (χ4v) is 5.45. The first kappa shape index (κ1) is 16.0. The molecule has 1 atom stereocenters. The molecule has 1 aromatic rings. The molecular formula is C17H26N2O2S. The lowest BCUT2D eigenvalue weighted by molar-refractivity contribution is 0.185. The van der Waals surface area contributed by atoms with E-state index in [4.69, 9.17) is 0 Å². The van der Waals surface area contributed by atoms with Gasteiger partial charge in [0.25, 0.3) is 0 Å². The van der Waals surface area contributed by atoms with Crippen molar-refractivity contribution < 1.29 is 8.42 Å². The Morgan fingerprint density at radius 3 is 2.64 bits per heavy atom. The third kappa shape index (κ3) is 3.36. The van der Waals surface area contributed by atoms with E-state index in [1.807, 2.05) is 13.8 Å². The van der Waals surface area contributed by atoms with Gasteiger partial charge in [-0.2, -0.15) is 0 Å². The van der Waals surface area contributed by atoms with Gasteiger partial charge in [-0.25, -0.2) is 12.7 Å². The van der Waals surface area contributed by atoms with Crippen molar-refractivity contribution >= 4 is 10.0 Å². The van der Waals surface area contributed by atoms with Crippen molar-refractivity contribution in [2.24, 2.45) is 5.92 Å². The molecule has 0 bridgehead atoms. The lowest BCUT2D eigenvalue weighted by Crippen LogP contribution is -2.42. The topological polar surface area (TPSA) is 40.6 Å². The van der Waals surface area contributed by atoms with Crippen LogP contribution in [0.5, 0.6) is 0 Å². The van der Waals surface area contributed by atoms with Crippen LogP contribution in [0, 0.1) is 5.92 Å². The largest absolute Gasteiger partial charge is 0.294 e. The minimum absolute atomic E-state index is 0.186. The van der Waals surface area contributed by atoms with Crippen LogP contribution in [-0.2, 0) is 23.0 Å². The molecule has 2 aliphatic heterocycles. The smallest absolute Gasteiger partial charge is 0.214 e. The van der Waals surface area contributed by atoms with E-state index in [0.717, 1.165) is 25.9 Å². The van der Waals surface area contributed by atoms with Gasteiger partial charge >= 0.3 is 0 Å². The molecule has 3 rings (SSSR count). The highest BCUT2D eigenvalue weighted by Crippen LogP contribution is 2.26. The van der Waals surface area contributed by atoms with E-state index in [-0.39, 0.29) is 11.7 Å². The lowest BCUT2D eigenvalue weighted by Gasteiger charge is -2.33. The van der Waals surface area contributed by atoms with E-state index < -0.39 is 10.0 Å². The summed E-state index contributed by atoms with van der Waals surface area (Å²) in [4.78, 5) is 2.47. The Labute approximate surface area is 134 Å². The van der Waals surface area contributed by atoms with E-state index >= 15 is 0 Å². The molecule has 1 saturated heterocycles. The fraction of sp³-hybridized carbons (Fsp3) is 0.647. The molecule has 0 aliphatic carbocycles. The van der Waals surface area contributed by atoms with Crippen molar-refractivity contribution in [3.63, 3.8) is 0 Å². The number of hydrogen-bond donors (Lipinski definition) is 0. The summed E-state index contributed by atoms with van der Waals surface area (Å²) in [6.07, 6.45) is 2.03. The molecule has 0 radical (unpaired) electrons. The fourth-order valence-electron chi connectivity index (χ4n) is 3.62. The number of sulfonamides is 1. The van der Waals surface area contributed by atoms with Gasteiger partial charge in [0.15, 0.2) is 0 Å². The Morgan fingerprint density at radius 1 is 1.18 bits per heavy atom. The molecule has 122 valence electrons. The maximum Gasteiger partial charge on any atom is 0.214 e. The quantitative estimate of drug-likeness (QED) is 0.852. The summed E-state index contributed by atoms with van der Waals surface area (Å²) in [5.74, 6) is 0.452. The number of nitrogens with zero attached hydrogens (tertiary/aromatic N) is 2. The molecule has 22 heavy (non-hydrogen) atoms. The van der Waals surface area contributed by atoms with Crippen molar-refractivity contribution in [3.05, 3.63) is 35.4 Å². The van der Waals surface area contributed by atoms with Crippen molar-refractivity contribution in [3.8, 4) is 0 Å². The summed E-state index contributed by atoms with van der Waals surface area (Å²) in [6.45, 7) is 7.27. The summed E-state index contributed by atoms with van der Waals surface area (Å²) in [7, 11) is -3.08. The highest BCUT2D eigenvalue weighted by molar-refractivity contribution is 7.89. The number of benzene rings is 1. The van der Waals surface area contributed by atoms with Gasteiger partial charge in [-0.05, 0) is 29.9 Å². The second-order valence-electron chi connectivity index (χ2n) is 6.96. The third-order valence-electron chi connectivity index (χ3n) is 4.74. The first-order valence-electron chi connectivity index (χ1n) is 8.24. The summed E-state index contributed by atoms with van der Waals surface area (Å²) < 4.78 is 26.5. The van der Waals surface area contributed by atoms with Gasteiger partial charge in [0.05, 0.1) is 5.75 Å². The molecule has 0 saturated carbocycles. The second-order valence-corrected chi connectivity index (χ2v) is 8.98. The molecule has 2 aliphatic rings. The zero-order valence-electron chi connectivity index (χ0n) is 13.5. The van der Waals surface area contributed by atoms with Crippen molar-refractivity contribution in [2.45, 2.75) is 39.3 Å². The molecule has 0 N–H and O–H groups in total. The monoisotopic (exact) mass is 322 g/mol. The van der Waals surface area contributed by atoms with Crippen molar-refractivity contribution in [2.75, 3.05) is 25.4 Å². The average Bonchev–Trinajstić information content (AvgIpc) is 2.96. The number of fused-ring (bicyclic) bond motifs is 1. The Morgan fingerprint density at radius 2 is 1.91 bits per heavy atom. The van der Waals surface area contributed by atoms with E-state index in [9.17, 15) is 8.42 Å². The van der Waals surface area contributed by atoms with Gasteiger partial charge in [-0.15, -0.1) is 0 Å². The molecule has 5 heteroatoms. The standard InChI is InChI=1S/C17H26N2O2S/c1-14(2)13-22(20,21)19-10-8-17(12-19)18-9-7-15-5-3-4-6-16(15)11-18/h3-6,14,17H,7-13H2,1-2H3. The van der Waals surface area contributed by atoms with Crippen LogP contribution in [0.1, 0.15) is 31.4 Å². The molecule has 0 spiro atoms. The average molecular weight is 322 g/mol. The van der Waals surface area contributed by atoms with Crippen LogP contribution in [0.2, 0.25) is 0 Å². The van der Waals surface area contributed by atoms with Crippen LogP contribution in [0.3, 0.4) is 0 Å². The summed E-state index contributed by atoms with van der Waals surface area (Å²) in [5, 5.41) is 0. The second kappa shape index (κ2) is 6.30. The number of rotatable bonds is 4. The lowest BCUT2D eigenvalue weighted by atomic mass is 9.98. The van der Waals surface area contributed by atoms with Crippen LogP contribution >= 0.6 is 0 Å². The molecule has 1 unspecified atom stereocenters. The maximum atomic E-state index is 12.4. The molecule has 2 heterocycles. The maximum absolute atomic E-state index is 12.4. The summed E-state index contributed by atoms with van der Waals surface area (Å²) in [5.41, 5.74) is 2.85. The van der Waals surface area contributed by atoms with Gasteiger partial charge in [0.1, 0.15) is 0 Å². The number of hydrogen-bond acceptors (Lipinski definition) is 3. The van der Waals surface area contributed by atoms with Crippen molar-refractivity contribution in [1.29, 1.82) is 0 Å². The predicted octanol–water partition coefficient (Wildman–Crippen LogP) is 2.10. The third-order valence-corrected chi connectivity index (χ3v) is 6.95. The molecule has 1 aromatic carbocycles. The van der Waals surface area contributed by atoms with Crippen LogP contribution < -0.4 is 0 Å². The van der Waals surface area contributed by atoms with E-state index in [1.165, 1.54) is 11.1 Å². The highest BCUT2D eigenvalue weighted by Gasteiger charge is 2.35. The van der Waals surface area contributed by atoms with Gasteiger partial charge < -0.3 is 0 Å². The van der Waals surface area contributed by atoms with E-state index in [1.54, 1.807) is 4.31 Å². The van der Waals surface area contributed by atoms with E-state index in [2.05, 4.69) is 29.2 Å². The van der Waals surface area contributed by atoms with Gasteiger partial charge in [-0.3, -0.25) is 4.90 Å². The minimum atomic E-state index is -3.08. The van der Waals surface area contributed by atoms with Crippen LogP contribution in [0.15, 0.2) is 24.3 Å². The Balaban J connectivity index is 1.64. The Bertz CT molecular complexity index is 627. The van der Waals surface area contributed by atoms with Gasteiger partial charge in [0, 0.05) is 32.2 Å². The van der Waals surface area contributed by atoms with Crippen LogP contribution in [0.4, 0.5) is 0 Å². The highest BCUT2D eigenvalue weighted by atomic mass is 32.2. The molecule has 0 aromatic heterocycles. The SMILES string of the molecule is CC(C)CS(=O)(=O)N1CCC(N2CCc3ccccc3C2)C1. The molecule has 0 amide bonds. The molecule has 4 nitrogen and oxygen atoms in total. The zero-order valence-corrected chi connectivity index (χ0v) is 14.3. The molecule has 1 fully saturated rings. The first-order chi connectivity index (χ1) is 10.5. The Hall–Kier alpha value is -0.910. The minimum Gasteiger partial charge on any atom is -0.294 e. The Kier molecular flexibility index (Phi) is 4.57. The van der Waals surface area contributed by atoms with Gasteiger partial charge in [0.2, 0.25) is 10.0 Å². The first-order valence-corrected chi connectivity index (χ1v) is 9.85. The molecular weight excluding hydrogens is 296 g/mol. The summed E-state index contributed by atoms with van der Waals surface area (Å²) >= 11 is 0. The normalized spacial score (nSPS) is 23.9. The van der Waals surface area contributed by atoms with Crippen molar-refractivity contribution in [1.82, 2.24) is 9.21 Å². The zero-order chi connectivity index (χ0) is 15.7. The van der Waals surface area contributed by atoms with Crippen LogP contribution in [-0.4, -0.2) is 49.1 Å².